The van der Waals surface area contributed by atoms with E-state index in [1.165, 1.54) is 11.1 Å². The number of nitrogens with one attached hydrogen (secondary N) is 3. The van der Waals surface area contributed by atoms with Crippen molar-refractivity contribution in [2.45, 2.75) is 52.6 Å². The molecule has 1 rings (SSSR count). The van der Waals surface area contributed by atoms with Crippen molar-refractivity contribution >= 4 is 11.9 Å². The first-order valence-electron chi connectivity index (χ1n) is 8.41. The molecular formula is C18H30N4O. The van der Waals surface area contributed by atoms with Crippen molar-refractivity contribution in [1.29, 1.82) is 0 Å². The van der Waals surface area contributed by atoms with Crippen LogP contribution < -0.4 is 16.0 Å². The minimum Gasteiger partial charge on any atom is -0.356 e. The third-order valence-electron chi connectivity index (χ3n) is 3.83. The molecule has 0 aromatic heterocycles. The Labute approximate surface area is 140 Å². The smallest absolute Gasteiger partial charge is 0.221 e. The summed E-state index contributed by atoms with van der Waals surface area (Å²) in [7, 11) is 1.74. The maximum absolute atomic E-state index is 11.7. The predicted molar refractivity (Wildman–Crippen MR) is 96.5 cm³/mol. The molecule has 1 amide bonds. The first-order valence-corrected chi connectivity index (χ1v) is 8.41. The maximum atomic E-state index is 11.7. The van der Waals surface area contributed by atoms with Gasteiger partial charge >= 0.3 is 0 Å². The zero-order chi connectivity index (χ0) is 17.1. The van der Waals surface area contributed by atoms with Gasteiger partial charge in [-0.15, -0.1) is 0 Å². The van der Waals surface area contributed by atoms with Crippen LogP contribution in [0.25, 0.3) is 0 Å². The van der Waals surface area contributed by atoms with E-state index in [9.17, 15) is 4.79 Å². The standard InChI is InChI=1S/C18H30N4O/c1-5-14(3)22-17(23)11-12-20-18(19-4)21-13-16-10-8-7-9-15(16)6-2/h7-10,14H,5-6,11-13H2,1-4H3,(H,22,23)(H2,19,20,21). The van der Waals surface area contributed by atoms with Gasteiger partial charge in [0.2, 0.25) is 5.91 Å². The van der Waals surface area contributed by atoms with E-state index in [0.29, 0.717) is 18.9 Å². The topological polar surface area (TPSA) is 65.5 Å². The molecule has 0 fully saturated rings. The number of rotatable bonds is 8. The molecule has 0 heterocycles. The fourth-order valence-corrected chi connectivity index (χ4v) is 2.22. The molecule has 0 saturated carbocycles. The molecule has 0 aliphatic carbocycles. The van der Waals surface area contributed by atoms with E-state index in [1.807, 2.05) is 13.0 Å². The molecule has 3 N–H and O–H groups in total. The maximum Gasteiger partial charge on any atom is 0.221 e. The van der Waals surface area contributed by atoms with E-state index < -0.39 is 0 Å². The zero-order valence-electron chi connectivity index (χ0n) is 14.8. The van der Waals surface area contributed by atoms with E-state index in [1.54, 1.807) is 7.05 Å². The molecule has 1 aromatic carbocycles. The summed E-state index contributed by atoms with van der Waals surface area (Å²) in [6.45, 7) is 7.52. The van der Waals surface area contributed by atoms with Crippen molar-refractivity contribution in [2.24, 2.45) is 4.99 Å². The fourth-order valence-electron chi connectivity index (χ4n) is 2.22. The largest absolute Gasteiger partial charge is 0.356 e. The molecule has 5 nitrogen and oxygen atoms in total. The summed E-state index contributed by atoms with van der Waals surface area (Å²) in [5.74, 6) is 0.783. The van der Waals surface area contributed by atoms with Crippen LogP contribution in [-0.4, -0.2) is 31.5 Å². The van der Waals surface area contributed by atoms with Crippen molar-refractivity contribution in [3.05, 3.63) is 35.4 Å². The minimum absolute atomic E-state index is 0.0682. The Bertz CT molecular complexity index is 513. The molecule has 0 bridgehead atoms. The predicted octanol–water partition coefficient (Wildman–Crippen LogP) is 2.22. The highest BCUT2D eigenvalue weighted by Gasteiger charge is 2.06. The molecular weight excluding hydrogens is 288 g/mol. The lowest BCUT2D eigenvalue weighted by Crippen LogP contribution is -2.40. The highest BCUT2D eigenvalue weighted by molar-refractivity contribution is 5.81. The average Bonchev–Trinajstić information content (AvgIpc) is 2.57. The number of hydrogen-bond donors (Lipinski definition) is 3. The lowest BCUT2D eigenvalue weighted by molar-refractivity contribution is -0.121. The fraction of sp³-hybridized carbons (Fsp3) is 0.556. The van der Waals surface area contributed by atoms with Crippen molar-refractivity contribution in [2.75, 3.05) is 13.6 Å². The summed E-state index contributed by atoms with van der Waals surface area (Å²) in [4.78, 5) is 15.9. The van der Waals surface area contributed by atoms with E-state index in [4.69, 9.17) is 0 Å². The summed E-state index contributed by atoms with van der Waals surface area (Å²) in [6, 6.07) is 8.60. The Balaban J connectivity index is 2.36. The summed E-state index contributed by atoms with van der Waals surface area (Å²) in [5.41, 5.74) is 2.61. The Morgan fingerprint density at radius 2 is 1.87 bits per heavy atom. The van der Waals surface area contributed by atoms with E-state index in [0.717, 1.165) is 19.4 Å². The normalized spacial score (nSPS) is 12.6. The number of amides is 1. The van der Waals surface area contributed by atoms with Crippen molar-refractivity contribution < 1.29 is 4.79 Å². The van der Waals surface area contributed by atoms with Crippen LogP contribution in [-0.2, 0) is 17.8 Å². The summed E-state index contributed by atoms with van der Waals surface area (Å²) in [5, 5.41) is 9.43. The molecule has 0 radical (unpaired) electrons. The van der Waals surface area contributed by atoms with Crippen LogP contribution in [0.4, 0.5) is 0 Å². The number of aryl methyl sites for hydroxylation is 1. The molecule has 1 atom stereocenters. The van der Waals surface area contributed by atoms with Crippen LogP contribution in [0.5, 0.6) is 0 Å². The van der Waals surface area contributed by atoms with Gasteiger partial charge in [-0.05, 0) is 30.9 Å². The quantitative estimate of drug-likeness (QED) is 0.509. The molecule has 23 heavy (non-hydrogen) atoms. The molecule has 128 valence electrons. The third-order valence-corrected chi connectivity index (χ3v) is 3.83. The van der Waals surface area contributed by atoms with Crippen LogP contribution in [0.3, 0.4) is 0 Å². The van der Waals surface area contributed by atoms with Gasteiger partial charge in [-0.3, -0.25) is 9.79 Å². The zero-order valence-corrected chi connectivity index (χ0v) is 14.8. The minimum atomic E-state index is 0.0682. The lowest BCUT2D eigenvalue weighted by Gasteiger charge is -2.14. The van der Waals surface area contributed by atoms with Crippen molar-refractivity contribution in [1.82, 2.24) is 16.0 Å². The number of nitrogens with zero attached hydrogens (tertiary/aromatic N) is 1. The van der Waals surface area contributed by atoms with Gasteiger partial charge in [0.05, 0.1) is 0 Å². The number of benzene rings is 1. The van der Waals surface area contributed by atoms with Gasteiger partial charge in [-0.25, -0.2) is 0 Å². The Morgan fingerprint density at radius 1 is 1.17 bits per heavy atom. The van der Waals surface area contributed by atoms with E-state index >= 15 is 0 Å². The van der Waals surface area contributed by atoms with Gasteiger partial charge in [0.1, 0.15) is 0 Å². The number of carbonyl (C=O) groups excluding carboxylic acids is 1. The molecule has 5 heteroatoms. The highest BCUT2D eigenvalue weighted by atomic mass is 16.1. The number of guanidine groups is 1. The summed E-state index contributed by atoms with van der Waals surface area (Å²) in [6.07, 6.45) is 2.40. The molecule has 1 aromatic rings. The van der Waals surface area contributed by atoms with Crippen LogP contribution in [0.15, 0.2) is 29.3 Å². The van der Waals surface area contributed by atoms with Gasteiger partial charge in [-0.1, -0.05) is 38.1 Å². The second kappa shape index (κ2) is 10.6. The van der Waals surface area contributed by atoms with Crippen molar-refractivity contribution in [3.63, 3.8) is 0 Å². The number of carbonyl (C=O) groups is 1. The Hall–Kier alpha value is -2.04. The van der Waals surface area contributed by atoms with Gasteiger partial charge in [0, 0.05) is 32.6 Å². The van der Waals surface area contributed by atoms with Crippen LogP contribution >= 0.6 is 0 Å². The number of aliphatic imine (C=N–C) groups is 1. The Kier molecular flexibility index (Phi) is 8.80. The van der Waals surface area contributed by atoms with E-state index in [2.05, 4.69) is 53.0 Å². The molecule has 0 spiro atoms. The first-order chi connectivity index (χ1) is 11.1. The van der Waals surface area contributed by atoms with Gasteiger partial charge in [0.25, 0.3) is 0 Å². The second-order valence-electron chi connectivity index (χ2n) is 5.60. The summed E-state index contributed by atoms with van der Waals surface area (Å²) >= 11 is 0. The summed E-state index contributed by atoms with van der Waals surface area (Å²) < 4.78 is 0. The van der Waals surface area contributed by atoms with Gasteiger partial charge in [-0.2, -0.15) is 0 Å². The lowest BCUT2D eigenvalue weighted by atomic mass is 10.1. The first kappa shape index (κ1) is 19.0. The van der Waals surface area contributed by atoms with Gasteiger partial charge in [0.15, 0.2) is 5.96 Å². The highest BCUT2D eigenvalue weighted by Crippen LogP contribution is 2.08. The van der Waals surface area contributed by atoms with Crippen LogP contribution in [0.1, 0.15) is 44.7 Å². The van der Waals surface area contributed by atoms with Crippen LogP contribution in [0, 0.1) is 0 Å². The van der Waals surface area contributed by atoms with Gasteiger partial charge < -0.3 is 16.0 Å². The third kappa shape index (κ3) is 7.17. The monoisotopic (exact) mass is 318 g/mol. The Morgan fingerprint density at radius 3 is 2.48 bits per heavy atom. The number of hydrogen-bond acceptors (Lipinski definition) is 2. The van der Waals surface area contributed by atoms with Crippen LogP contribution in [0.2, 0.25) is 0 Å². The van der Waals surface area contributed by atoms with Crippen molar-refractivity contribution in [3.8, 4) is 0 Å². The average molecular weight is 318 g/mol. The molecule has 1 unspecified atom stereocenters. The van der Waals surface area contributed by atoms with E-state index in [-0.39, 0.29) is 11.9 Å². The molecule has 0 saturated heterocycles. The SMILES string of the molecule is CCc1ccccc1CNC(=NC)NCCC(=O)NC(C)CC. The second-order valence-corrected chi connectivity index (χ2v) is 5.60. The molecule has 0 aliphatic rings. The molecule has 0 aliphatic heterocycles.